The first-order chi connectivity index (χ1) is 11.9. The first-order valence-corrected chi connectivity index (χ1v) is 8.56. The van der Waals surface area contributed by atoms with Crippen molar-refractivity contribution in [3.8, 4) is 5.75 Å². The van der Waals surface area contributed by atoms with E-state index >= 15 is 0 Å². The fourth-order valence-electron chi connectivity index (χ4n) is 2.47. The fourth-order valence-corrected chi connectivity index (χ4v) is 2.47. The molecule has 0 radical (unpaired) electrons. The zero-order valence-corrected chi connectivity index (χ0v) is 14.9. The highest BCUT2D eigenvalue weighted by molar-refractivity contribution is 6.09. The molecule has 136 valence electrons. The zero-order chi connectivity index (χ0) is 18.4. The molecule has 1 aromatic carbocycles. The van der Waals surface area contributed by atoms with Gasteiger partial charge >= 0.3 is 6.03 Å². The van der Waals surface area contributed by atoms with E-state index in [0.717, 1.165) is 17.7 Å². The first kappa shape index (κ1) is 18.8. The van der Waals surface area contributed by atoms with E-state index < -0.39 is 17.5 Å². The summed E-state index contributed by atoms with van der Waals surface area (Å²) in [5.41, 5.74) is -0.381. The smallest absolute Gasteiger partial charge is 0.325 e. The molecular weight excluding hydrogens is 322 g/mol. The Bertz CT molecular complexity index is 661. The summed E-state index contributed by atoms with van der Waals surface area (Å²) in [6.45, 7) is 5.85. The van der Waals surface area contributed by atoms with Crippen molar-refractivity contribution in [1.82, 2.24) is 10.2 Å². The lowest BCUT2D eigenvalue weighted by Crippen LogP contribution is -2.44. The predicted octanol–water partition coefficient (Wildman–Crippen LogP) is 2.52. The number of urea groups is 1. The van der Waals surface area contributed by atoms with E-state index in [9.17, 15) is 14.4 Å². The van der Waals surface area contributed by atoms with Gasteiger partial charge < -0.3 is 15.4 Å². The third-order valence-electron chi connectivity index (χ3n) is 4.24. The summed E-state index contributed by atoms with van der Waals surface area (Å²) in [5, 5.41) is 5.32. The number of nitrogens with one attached hydrogen (secondary N) is 2. The maximum Gasteiger partial charge on any atom is 0.325 e. The molecule has 1 saturated heterocycles. The first-order valence-electron chi connectivity index (χ1n) is 8.56. The molecule has 4 amide bonds. The van der Waals surface area contributed by atoms with Crippen LogP contribution in [0, 0.1) is 0 Å². The van der Waals surface area contributed by atoms with Gasteiger partial charge in [-0.15, -0.1) is 0 Å². The van der Waals surface area contributed by atoms with Crippen LogP contribution in [0.2, 0.25) is 0 Å². The van der Waals surface area contributed by atoms with Crippen LogP contribution in [0.25, 0.3) is 0 Å². The van der Waals surface area contributed by atoms with Crippen LogP contribution in [0.1, 0.15) is 40.0 Å². The van der Waals surface area contributed by atoms with E-state index in [1.807, 2.05) is 13.0 Å². The van der Waals surface area contributed by atoms with Crippen LogP contribution in [0.3, 0.4) is 0 Å². The SMILES string of the molecule is CCCCOc1cccc(NC(=O)CN2C(=O)NC(C)(CC)C2=O)c1. The number of carbonyl (C=O) groups is 3. The number of unbranched alkanes of at least 4 members (excludes halogenated alkanes) is 1. The minimum absolute atomic E-state index is 0.318. The Kier molecular flexibility index (Phi) is 6.01. The van der Waals surface area contributed by atoms with Gasteiger partial charge in [0, 0.05) is 11.8 Å². The topological polar surface area (TPSA) is 87.7 Å². The standard InChI is InChI=1S/C18H25N3O4/c1-4-6-10-25-14-9-7-8-13(11-14)19-15(22)12-21-16(23)18(3,5-2)20-17(21)24/h7-9,11H,4-6,10,12H2,1-3H3,(H,19,22)(H,20,24). The van der Waals surface area contributed by atoms with E-state index in [0.29, 0.717) is 24.5 Å². The molecule has 1 heterocycles. The maximum atomic E-state index is 12.3. The number of benzene rings is 1. The van der Waals surface area contributed by atoms with Crippen molar-refractivity contribution in [3.63, 3.8) is 0 Å². The summed E-state index contributed by atoms with van der Waals surface area (Å²) < 4.78 is 5.60. The molecule has 2 N–H and O–H groups in total. The molecule has 0 saturated carbocycles. The van der Waals surface area contributed by atoms with Crippen LogP contribution in [0.15, 0.2) is 24.3 Å². The van der Waals surface area contributed by atoms with E-state index in [1.54, 1.807) is 25.1 Å². The Morgan fingerprint density at radius 3 is 2.72 bits per heavy atom. The molecule has 2 rings (SSSR count). The van der Waals surface area contributed by atoms with Gasteiger partial charge in [-0.3, -0.25) is 14.5 Å². The minimum Gasteiger partial charge on any atom is -0.494 e. The molecule has 1 aliphatic rings. The third kappa shape index (κ3) is 4.49. The lowest BCUT2D eigenvalue weighted by Gasteiger charge is -2.19. The molecule has 7 nitrogen and oxygen atoms in total. The number of rotatable bonds is 8. The highest BCUT2D eigenvalue weighted by Crippen LogP contribution is 2.21. The van der Waals surface area contributed by atoms with Gasteiger partial charge in [0.15, 0.2) is 0 Å². The average Bonchev–Trinajstić information content (AvgIpc) is 2.79. The Balaban J connectivity index is 1.95. The number of ether oxygens (including phenoxy) is 1. The van der Waals surface area contributed by atoms with Crippen molar-refractivity contribution in [2.45, 2.75) is 45.6 Å². The van der Waals surface area contributed by atoms with Crippen LogP contribution in [-0.2, 0) is 9.59 Å². The van der Waals surface area contributed by atoms with Gasteiger partial charge in [-0.05, 0) is 31.9 Å². The summed E-state index contributed by atoms with van der Waals surface area (Å²) >= 11 is 0. The lowest BCUT2D eigenvalue weighted by molar-refractivity contribution is -0.133. The number of nitrogens with zero attached hydrogens (tertiary/aromatic N) is 1. The zero-order valence-electron chi connectivity index (χ0n) is 14.9. The Morgan fingerprint density at radius 1 is 1.32 bits per heavy atom. The summed E-state index contributed by atoms with van der Waals surface area (Å²) in [7, 11) is 0. The van der Waals surface area contributed by atoms with Crippen molar-refractivity contribution >= 4 is 23.5 Å². The molecule has 0 bridgehead atoms. The summed E-state index contributed by atoms with van der Waals surface area (Å²) in [5.74, 6) is -0.152. The highest BCUT2D eigenvalue weighted by atomic mass is 16.5. The quantitative estimate of drug-likeness (QED) is 0.559. The lowest BCUT2D eigenvalue weighted by atomic mass is 9.99. The van der Waals surface area contributed by atoms with Crippen molar-refractivity contribution in [2.24, 2.45) is 0 Å². The number of imide groups is 1. The largest absolute Gasteiger partial charge is 0.494 e. The highest BCUT2D eigenvalue weighted by Gasteiger charge is 2.46. The molecule has 0 spiro atoms. The van der Waals surface area contributed by atoms with Crippen LogP contribution in [0.5, 0.6) is 5.75 Å². The molecule has 1 aromatic rings. The molecule has 0 aliphatic carbocycles. The van der Waals surface area contributed by atoms with Gasteiger partial charge in [0.25, 0.3) is 5.91 Å². The maximum absolute atomic E-state index is 12.3. The van der Waals surface area contributed by atoms with Crippen LogP contribution >= 0.6 is 0 Å². The van der Waals surface area contributed by atoms with Gasteiger partial charge in [-0.25, -0.2) is 4.79 Å². The Hall–Kier alpha value is -2.57. The Labute approximate surface area is 147 Å². The van der Waals surface area contributed by atoms with Crippen LogP contribution < -0.4 is 15.4 Å². The number of carbonyl (C=O) groups excluding carboxylic acids is 3. The molecule has 1 unspecified atom stereocenters. The molecule has 1 aliphatic heterocycles. The van der Waals surface area contributed by atoms with E-state index in [-0.39, 0.29) is 12.5 Å². The average molecular weight is 347 g/mol. The molecule has 1 atom stereocenters. The number of hydrogen-bond acceptors (Lipinski definition) is 4. The fraction of sp³-hybridized carbons (Fsp3) is 0.500. The van der Waals surface area contributed by atoms with Gasteiger partial charge in [0.2, 0.25) is 5.91 Å². The van der Waals surface area contributed by atoms with Crippen molar-refractivity contribution in [3.05, 3.63) is 24.3 Å². The summed E-state index contributed by atoms with van der Waals surface area (Å²) in [6, 6.07) is 6.50. The third-order valence-corrected chi connectivity index (χ3v) is 4.24. The molecular formula is C18H25N3O4. The summed E-state index contributed by atoms with van der Waals surface area (Å²) in [4.78, 5) is 37.4. The predicted molar refractivity (Wildman–Crippen MR) is 94.4 cm³/mol. The number of hydrogen-bond donors (Lipinski definition) is 2. The van der Waals surface area contributed by atoms with Gasteiger partial charge in [-0.1, -0.05) is 26.3 Å². The van der Waals surface area contributed by atoms with Crippen LogP contribution in [0.4, 0.5) is 10.5 Å². The van der Waals surface area contributed by atoms with E-state index in [4.69, 9.17) is 4.74 Å². The number of amides is 4. The van der Waals surface area contributed by atoms with Gasteiger partial charge in [0.1, 0.15) is 17.8 Å². The second kappa shape index (κ2) is 8.00. The van der Waals surface area contributed by atoms with Crippen molar-refractivity contribution < 1.29 is 19.1 Å². The number of anilines is 1. The Morgan fingerprint density at radius 2 is 2.08 bits per heavy atom. The van der Waals surface area contributed by atoms with Crippen molar-refractivity contribution in [1.29, 1.82) is 0 Å². The molecule has 25 heavy (non-hydrogen) atoms. The summed E-state index contributed by atoms with van der Waals surface area (Å²) in [6.07, 6.45) is 2.46. The molecule has 1 fully saturated rings. The van der Waals surface area contributed by atoms with Crippen molar-refractivity contribution in [2.75, 3.05) is 18.5 Å². The normalized spacial score (nSPS) is 19.7. The second-order valence-electron chi connectivity index (χ2n) is 6.29. The monoisotopic (exact) mass is 347 g/mol. The minimum atomic E-state index is -0.940. The van der Waals surface area contributed by atoms with Gasteiger partial charge in [0.05, 0.1) is 6.61 Å². The van der Waals surface area contributed by atoms with E-state index in [1.165, 1.54) is 0 Å². The molecule has 0 aromatic heterocycles. The van der Waals surface area contributed by atoms with E-state index in [2.05, 4.69) is 17.6 Å². The second-order valence-corrected chi connectivity index (χ2v) is 6.29. The molecule has 7 heteroatoms. The van der Waals surface area contributed by atoms with Gasteiger partial charge in [-0.2, -0.15) is 0 Å². The van der Waals surface area contributed by atoms with Crippen LogP contribution in [-0.4, -0.2) is 41.4 Å².